The maximum absolute atomic E-state index is 13.5. The van der Waals surface area contributed by atoms with Gasteiger partial charge >= 0.3 is 0 Å². The minimum absolute atomic E-state index is 0.123. The van der Waals surface area contributed by atoms with E-state index in [1.54, 1.807) is 31.2 Å². The quantitative estimate of drug-likeness (QED) is 0.349. The monoisotopic (exact) mass is 530 g/mol. The molecule has 0 radical (unpaired) electrons. The number of methoxy groups -OCH3 is 1. The fraction of sp³-hybridized carbons (Fsp3) is 0.259. The van der Waals surface area contributed by atoms with Gasteiger partial charge in [0.1, 0.15) is 11.8 Å². The summed E-state index contributed by atoms with van der Waals surface area (Å²) in [7, 11) is 3.19. The molecular formula is C27H28Cl2N2O3S. The summed E-state index contributed by atoms with van der Waals surface area (Å²) in [6, 6.07) is 22.0. The number of likely N-dealkylation sites (N-methyl/N-ethyl adjacent to an activating group) is 1. The SMILES string of the molecule is CNC(=O)[C@H](Cc1ccccc1)N(Cc1cccc(OC)c1)C(=O)CSCc1ccc(Cl)c(Cl)c1. The Morgan fingerprint density at radius 1 is 0.943 bits per heavy atom. The Morgan fingerprint density at radius 3 is 2.37 bits per heavy atom. The predicted octanol–water partition coefficient (Wildman–Crippen LogP) is 5.62. The summed E-state index contributed by atoms with van der Waals surface area (Å²) in [6.07, 6.45) is 0.410. The van der Waals surface area contributed by atoms with Crippen LogP contribution in [0.25, 0.3) is 0 Å². The van der Waals surface area contributed by atoms with E-state index in [1.165, 1.54) is 11.8 Å². The summed E-state index contributed by atoms with van der Waals surface area (Å²) in [5.41, 5.74) is 2.84. The number of carbonyl (C=O) groups excluding carboxylic acids is 2. The molecular weight excluding hydrogens is 503 g/mol. The van der Waals surface area contributed by atoms with Crippen LogP contribution in [0.2, 0.25) is 10.0 Å². The predicted molar refractivity (Wildman–Crippen MR) is 144 cm³/mol. The van der Waals surface area contributed by atoms with Crippen LogP contribution in [-0.4, -0.2) is 42.7 Å². The number of nitrogens with zero attached hydrogens (tertiary/aromatic N) is 1. The van der Waals surface area contributed by atoms with Crippen LogP contribution in [0.4, 0.5) is 0 Å². The third-order valence-electron chi connectivity index (χ3n) is 5.48. The lowest BCUT2D eigenvalue weighted by molar-refractivity contribution is -0.139. The first-order valence-electron chi connectivity index (χ1n) is 11.1. The lowest BCUT2D eigenvalue weighted by atomic mass is 10.0. The largest absolute Gasteiger partial charge is 0.497 e. The maximum Gasteiger partial charge on any atom is 0.242 e. The normalized spacial score (nSPS) is 11.5. The van der Waals surface area contributed by atoms with Crippen LogP contribution in [0, 0.1) is 0 Å². The highest BCUT2D eigenvalue weighted by molar-refractivity contribution is 7.99. The molecule has 184 valence electrons. The van der Waals surface area contributed by atoms with E-state index < -0.39 is 6.04 Å². The number of amides is 2. The number of halogens is 2. The highest BCUT2D eigenvalue weighted by Crippen LogP contribution is 2.25. The van der Waals surface area contributed by atoms with Gasteiger partial charge in [-0.15, -0.1) is 11.8 Å². The van der Waals surface area contributed by atoms with E-state index in [0.717, 1.165) is 16.7 Å². The third kappa shape index (κ3) is 7.92. The molecule has 0 aliphatic carbocycles. The van der Waals surface area contributed by atoms with Crippen molar-refractivity contribution < 1.29 is 14.3 Å². The van der Waals surface area contributed by atoms with Crippen molar-refractivity contribution in [2.45, 2.75) is 24.8 Å². The van der Waals surface area contributed by atoms with Crippen LogP contribution >= 0.6 is 35.0 Å². The van der Waals surface area contributed by atoms with Crippen molar-refractivity contribution in [2.24, 2.45) is 0 Å². The first-order valence-corrected chi connectivity index (χ1v) is 13.0. The minimum atomic E-state index is -0.660. The molecule has 0 saturated heterocycles. The summed E-state index contributed by atoms with van der Waals surface area (Å²) in [5, 5.41) is 3.71. The molecule has 0 aromatic heterocycles. The highest BCUT2D eigenvalue weighted by Gasteiger charge is 2.29. The van der Waals surface area contributed by atoms with Crippen molar-refractivity contribution >= 4 is 46.8 Å². The van der Waals surface area contributed by atoms with E-state index >= 15 is 0 Å². The molecule has 2 amide bonds. The van der Waals surface area contributed by atoms with Crippen molar-refractivity contribution in [1.82, 2.24) is 10.2 Å². The Labute approximate surface area is 220 Å². The number of benzene rings is 3. The van der Waals surface area contributed by atoms with Gasteiger partial charge in [0.05, 0.1) is 22.9 Å². The Hall–Kier alpha value is -2.67. The summed E-state index contributed by atoms with van der Waals surface area (Å²) in [4.78, 5) is 28.1. The fourth-order valence-electron chi connectivity index (χ4n) is 3.66. The van der Waals surface area contributed by atoms with Gasteiger partial charge in [-0.25, -0.2) is 0 Å². The van der Waals surface area contributed by atoms with Gasteiger partial charge in [0.25, 0.3) is 0 Å². The molecule has 3 aromatic rings. The molecule has 0 fully saturated rings. The Bertz CT molecular complexity index is 1140. The number of rotatable bonds is 11. The molecule has 1 atom stereocenters. The van der Waals surface area contributed by atoms with Crippen molar-refractivity contribution in [2.75, 3.05) is 19.9 Å². The van der Waals surface area contributed by atoms with E-state index in [2.05, 4.69) is 5.32 Å². The van der Waals surface area contributed by atoms with Crippen LogP contribution < -0.4 is 10.1 Å². The van der Waals surface area contributed by atoms with Crippen LogP contribution in [0.3, 0.4) is 0 Å². The molecule has 0 saturated carbocycles. The Kier molecular flexibility index (Phi) is 10.3. The lowest BCUT2D eigenvalue weighted by Gasteiger charge is -2.31. The van der Waals surface area contributed by atoms with Crippen molar-refractivity contribution in [3.63, 3.8) is 0 Å². The Balaban J connectivity index is 1.82. The van der Waals surface area contributed by atoms with Gasteiger partial charge < -0.3 is 15.0 Å². The number of hydrogen-bond acceptors (Lipinski definition) is 4. The molecule has 0 unspecified atom stereocenters. The molecule has 1 N–H and O–H groups in total. The Morgan fingerprint density at radius 2 is 1.69 bits per heavy atom. The average Bonchev–Trinajstić information content (AvgIpc) is 2.88. The molecule has 0 bridgehead atoms. The molecule has 3 rings (SSSR count). The zero-order chi connectivity index (χ0) is 25.2. The second kappa shape index (κ2) is 13.4. The zero-order valence-electron chi connectivity index (χ0n) is 19.7. The van der Waals surface area contributed by atoms with E-state index in [1.807, 2.05) is 60.7 Å². The molecule has 0 spiro atoms. The first-order chi connectivity index (χ1) is 16.9. The second-order valence-corrected chi connectivity index (χ2v) is 9.73. The molecule has 3 aromatic carbocycles. The van der Waals surface area contributed by atoms with Gasteiger partial charge in [0.15, 0.2) is 0 Å². The molecule has 0 heterocycles. The fourth-order valence-corrected chi connectivity index (χ4v) is 4.84. The lowest BCUT2D eigenvalue weighted by Crippen LogP contribution is -2.50. The third-order valence-corrected chi connectivity index (χ3v) is 7.21. The van der Waals surface area contributed by atoms with Gasteiger partial charge in [-0.1, -0.05) is 71.7 Å². The number of thioether (sulfide) groups is 1. The van der Waals surface area contributed by atoms with Gasteiger partial charge in [-0.2, -0.15) is 0 Å². The standard InChI is InChI=1S/C27H28Cl2N2O3S/c1-30-27(33)25(15-19-7-4-3-5-8-19)31(16-20-9-6-10-22(13-20)34-2)26(32)18-35-17-21-11-12-23(28)24(29)14-21/h3-14,25H,15-18H2,1-2H3,(H,30,33)/t25-/m0/s1. The molecule has 35 heavy (non-hydrogen) atoms. The summed E-state index contributed by atoms with van der Waals surface area (Å²) in [6.45, 7) is 0.286. The topological polar surface area (TPSA) is 58.6 Å². The van der Waals surface area contributed by atoms with E-state index in [0.29, 0.717) is 28.0 Å². The van der Waals surface area contributed by atoms with E-state index in [4.69, 9.17) is 27.9 Å². The van der Waals surface area contributed by atoms with Gasteiger partial charge in [0, 0.05) is 25.8 Å². The van der Waals surface area contributed by atoms with Gasteiger partial charge in [-0.3, -0.25) is 9.59 Å². The molecule has 0 aliphatic rings. The average molecular weight is 532 g/mol. The van der Waals surface area contributed by atoms with Crippen molar-refractivity contribution in [1.29, 1.82) is 0 Å². The molecule has 5 nitrogen and oxygen atoms in total. The minimum Gasteiger partial charge on any atom is -0.497 e. The smallest absolute Gasteiger partial charge is 0.242 e. The second-order valence-electron chi connectivity index (χ2n) is 7.93. The van der Waals surface area contributed by atoms with Crippen LogP contribution in [0.1, 0.15) is 16.7 Å². The summed E-state index contributed by atoms with van der Waals surface area (Å²) < 4.78 is 5.35. The van der Waals surface area contributed by atoms with Crippen LogP contribution in [-0.2, 0) is 28.3 Å². The zero-order valence-corrected chi connectivity index (χ0v) is 22.0. The van der Waals surface area contributed by atoms with Crippen LogP contribution in [0.5, 0.6) is 5.75 Å². The van der Waals surface area contributed by atoms with Crippen molar-refractivity contribution in [3.05, 3.63) is 99.5 Å². The summed E-state index contributed by atoms with van der Waals surface area (Å²) in [5.74, 6) is 1.18. The number of nitrogens with one attached hydrogen (secondary N) is 1. The molecule has 0 aliphatic heterocycles. The number of ether oxygens (including phenoxy) is 1. The van der Waals surface area contributed by atoms with Gasteiger partial charge in [-0.05, 0) is 41.0 Å². The van der Waals surface area contributed by atoms with Crippen molar-refractivity contribution in [3.8, 4) is 5.75 Å². The molecule has 8 heteroatoms. The maximum atomic E-state index is 13.5. The van der Waals surface area contributed by atoms with Gasteiger partial charge in [0.2, 0.25) is 11.8 Å². The first kappa shape index (κ1) is 26.9. The van der Waals surface area contributed by atoms with Crippen LogP contribution in [0.15, 0.2) is 72.8 Å². The highest BCUT2D eigenvalue weighted by atomic mass is 35.5. The number of hydrogen-bond donors (Lipinski definition) is 1. The van der Waals surface area contributed by atoms with E-state index in [9.17, 15) is 9.59 Å². The van der Waals surface area contributed by atoms with E-state index in [-0.39, 0.29) is 24.1 Å². The summed E-state index contributed by atoms with van der Waals surface area (Å²) >= 11 is 13.6. The number of carbonyl (C=O) groups is 2.